The highest BCUT2D eigenvalue weighted by Gasteiger charge is 2.13. The minimum atomic E-state index is 0.626. The number of hydrogen-bond donors (Lipinski definition) is 0. The maximum atomic E-state index is 8.74. The van der Waals surface area contributed by atoms with Gasteiger partial charge in [0, 0.05) is 13.1 Å². The summed E-state index contributed by atoms with van der Waals surface area (Å²) >= 11 is 6.15. The van der Waals surface area contributed by atoms with E-state index in [1.807, 2.05) is 12.1 Å². The van der Waals surface area contributed by atoms with E-state index >= 15 is 0 Å². The van der Waals surface area contributed by atoms with Gasteiger partial charge in [-0.1, -0.05) is 11.6 Å². The van der Waals surface area contributed by atoms with E-state index < -0.39 is 0 Å². The van der Waals surface area contributed by atoms with Gasteiger partial charge >= 0.3 is 0 Å². The summed E-state index contributed by atoms with van der Waals surface area (Å²) in [5.74, 6) is 0. The molecule has 1 aliphatic heterocycles. The van der Waals surface area contributed by atoms with Crippen LogP contribution in [0.2, 0.25) is 5.02 Å². The molecule has 1 aliphatic rings. The van der Waals surface area contributed by atoms with Crippen LogP contribution in [0.25, 0.3) is 0 Å². The van der Waals surface area contributed by atoms with Gasteiger partial charge in [0.2, 0.25) is 0 Å². The summed E-state index contributed by atoms with van der Waals surface area (Å²) < 4.78 is 0. The summed E-state index contributed by atoms with van der Waals surface area (Å²) in [6, 6.07) is 7.62. The normalized spacial score (nSPS) is 16.1. The van der Waals surface area contributed by atoms with Gasteiger partial charge in [-0.05, 0) is 37.5 Å². The molecule has 0 spiro atoms. The number of nitriles is 1. The first-order valence-electron chi connectivity index (χ1n) is 5.26. The fraction of sp³-hybridized carbons (Fsp3) is 0.417. The highest BCUT2D eigenvalue weighted by molar-refractivity contribution is 6.33. The van der Waals surface area contributed by atoms with Gasteiger partial charge in [-0.15, -0.1) is 0 Å². The Kier molecular flexibility index (Phi) is 3.13. The van der Waals surface area contributed by atoms with Crippen LogP contribution >= 0.6 is 11.6 Å². The zero-order valence-electron chi connectivity index (χ0n) is 8.54. The molecule has 0 radical (unpaired) electrons. The molecule has 0 aromatic heterocycles. The van der Waals surface area contributed by atoms with Crippen molar-refractivity contribution in [2.24, 2.45) is 0 Å². The highest BCUT2D eigenvalue weighted by Crippen LogP contribution is 2.28. The van der Waals surface area contributed by atoms with Crippen LogP contribution in [0.5, 0.6) is 0 Å². The summed E-state index contributed by atoms with van der Waals surface area (Å²) in [6.45, 7) is 2.15. The molecule has 1 fully saturated rings. The van der Waals surface area contributed by atoms with Crippen molar-refractivity contribution in [2.75, 3.05) is 18.0 Å². The Morgan fingerprint density at radius 3 is 2.53 bits per heavy atom. The lowest BCUT2D eigenvalue weighted by molar-refractivity contribution is 0.578. The number of halogens is 1. The third-order valence-electron chi connectivity index (χ3n) is 2.77. The van der Waals surface area contributed by atoms with Gasteiger partial charge in [-0.2, -0.15) is 5.26 Å². The third kappa shape index (κ3) is 2.24. The van der Waals surface area contributed by atoms with E-state index in [-0.39, 0.29) is 0 Å². The molecule has 1 aromatic rings. The number of nitrogens with zero attached hydrogens (tertiary/aromatic N) is 2. The highest BCUT2D eigenvalue weighted by atomic mass is 35.5. The quantitative estimate of drug-likeness (QED) is 0.727. The molecule has 0 bridgehead atoms. The lowest BCUT2D eigenvalue weighted by Gasteiger charge is -2.29. The van der Waals surface area contributed by atoms with Gasteiger partial charge in [0.1, 0.15) is 0 Å². The first-order valence-corrected chi connectivity index (χ1v) is 5.63. The molecule has 0 N–H and O–H groups in total. The van der Waals surface area contributed by atoms with E-state index in [9.17, 15) is 0 Å². The molecule has 3 heteroatoms. The zero-order chi connectivity index (χ0) is 10.7. The summed E-state index contributed by atoms with van der Waals surface area (Å²) in [7, 11) is 0. The van der Waals surface area contributed by atoms with E-state index in [0.29, 0.717) is 10.6 Å². The Balaban J connectivity index is 2.24. The fourth-order valence-corrected chi connectivity index (χ4v) is 2.27. The molecule has 0 aliphatic carbocycles. The SMILES string of the molecule is N#Cc1ccc(N2CCCCC2)c(Cl)c1. The molecular formula is C12H13ClN2. The maximum Gasteiger partial charge on any atom is 0.0992 e. The lowest BCUT2D eigenvalue weighted by Crippen LogP contribution is -2.29. The number of rotatable bonds is 1. The van der Waals surface area contributed by atoms with E-state index in [1.165, 1.54) is 19.3 Å². The van der Waals surface area contributed by atoms with Crippen LogP contribution in [0.1, 0.15) is 24.8 Å². The lowest BCUT2D eigenvalue weighted by atomic mass is 10.1. The summed E-state index contributed by atoms with van der Waals surface area (Å²) in [5.41, 5.74) is 1.69. The summed E-state index contributed by atoms with van der Waals surface area (Å²) in [4.78, 5) is 2.30. The van der Waals surface area contributed by atoms with E-state index in [2.05, 4.69) is 11.0 Å². The monoisotopic (exact) mass is 220 g/mol. The molecule has 0 atom stereocenters. The van der Waals surface area contributed by atoms with Gasteiger partial charge in [0.25, 0.3) is 0 Å². The zero-order valence-corrected chi connectivity index (χ0v) is 9.30. The Labute approximate surface area is 95.1 Å². The number of anilines is 1. The first-order chi connectivity index (χ1) is 7.31. The average molecular weight is 221 g/mol. The Morgan fingerprint density at radius 2 is 1.93 bits per heavy atom. The second-order valence-corrected chi connectivity index (χ2v) is 4.23. The smallest absolute Gasteiger partial charge is 0.0992 e. The van der Waals surface area contributed by atoms with Gasteiger partial charge in [0.05, 0.1) is 22.3 Å². The number of benzene rings is 1. The van der Waals surface area contributed by atoms with Gasteiger partial charge < -0.3 is 4.90 Å². The molecule has 2 nitrogen and oxygen atoms in total. The molecule has 0 amide bonds. The second kappa shape index (κ2) is 4.55. The van der Waals surface area contributed by atoms with Crippen molar-refractivity contribution >= 4 is 17.3 Å². The van der Waals surface area contributed by atoms with Crippen molar-refractivity contribution in [1.29, 1.82) is 5.26 Å². The van der Waals surface area contributed by atoms with Crippen LogP contribution in [0.15, 0.2) is 18.2 Å². The molecule has 1 heterocycles. The predicted octanol–water partition coefficient (Wildman–Crippen LogP) is 3.20. The molecule has 15 heavy (non-hydrogen) atoms. The third-order valence-corrected chi connectivity index (χ3v) is 3.08. The molecule has 78 valence electrons. The van der Waals surface area contributed by atoms with Crippen molar-refractivity contribution in [1.82, 2.24) is 0 Å². The Hall–Kier alpha value is -1.20. The minimum Gasteiger partial charge on any atom is -0.370 e. The predicted molar refractivity (Wildman–Crippen MR) is 62.2 cm³/mol. The van der Waals surface area contributed by atoms with Crippen LogP contribution in [0.3, 0.4) is 0 Å². The average Bonchev–Trinajstić information content (AvgIpc) is 2.30. The van der Waals surface area contributed by atoms with E-state index in [0.717, 1.165) is 18.8 Å². The van der Waals surface area contributed by atoms with Crippen molar-refractivity contribution < 1.29 is 0 Å². The summed E-state index contributed by atoms with van der Waals surface area (Å²) in [5, 5.41) is 9.43. The van der Waals surface area contributed by atoms with Crippen LogP contribution in [0, 0.1) is 11.3 Å². The maximum absolute atomic E-state index is 8.74. The largest absolute Gasteiger partial charge is 0.370 e. The topological polar surface area (TPSA) is 27.0 Å². The number of piperidine rings is 1. The van der Waals surface area contributed by atoms with Crippen molar-refractivity contribution in [2.45, 2.75) is 19.3 Å². The van der Waals surface area contributed by atoms with Crippen LogP contribution in [-0.4, -0.2) is 13.1 Å². The first kappa shape index (κ1) is 10.3. The molecule has 0 saturated carbocycles. The Morgan fingerprint density at radius 1 is 1.20 bits per heavy atom. The van der Waals surface area contributed by atoms with E-state index in [4.69, 9.17) is 16.9 Å². The van der Waals surface area contributed by atoms with Crippen molar-refractivity contribution in [3.63, 3.8) is 0 Å². The van der Waals surface area contributed by atoms with Gasteiger partial charge in [0.15, 0.2) is 0 Å². The molecule has 2 rings (SSSR count). The van der Waals surface area contributed by atoms with Crippen LogP contribution in [0.4, 0.5) is 5.69 Å². The van der Waals surface area contributed by atoms with Gasteiger partial charge in [-0.3, -0.25) is 0 Å². The molecular weight excluding hydrogens is 208 g/mol. The molecule has 1 saturated heterocycles. The fourth-order valence-electron chi connectivity index (χ4n) is 1.97. The van der Waals surface area contributed by atoms with Gasteiger partial charge in [-0.25, -0.2) is 0 Å². The minimum absolute atomic E-state index is 0.626. The molecule has 0 unspecified atom stereocenters. The van der Waals surface area contributed by atoms with Crippen LogP contribution < -0.4 is 4.90 Å². The van der Waals surface area contributed by atoms with E-state index in [1.54, 1.807) is 6.07 Å². The van der Waals surface area contributed by atoms with Crippen LogP contribution in [-0.2, 0) is 0 Å². The molecule has 1 aromatic carbocycles. The second-order valence-electron chi connectivity index (χ2n) is 3.83. The summed E-state index contributed by atoms with van der Waals surface area (Å²) in [6.07, 6.45) is 3.77. The van der Waals surface area contributed by atoms with Crippen molar-refractivity contribution in [3.8, 4) is 6.07 Å². The van der Waals surface area contributed by atoms with Crippen molar-refractivity contribution in [3.05, 3.63) is 28.8 Å². The Bertz CT molecular complexity index is 389. The number of hydrogen-bond acceptors (Lipinski definition) is 2. The standard InChI is InChI=1S/C12H13ClN2/c13-11-8-10(9-14)4-5-12(11)15-6-2-1-3-7-15/h4-5,8H,1-3,6-7H2.